The standard InChI is InChI=1S/C19H13F6NO2/c1-10-15(14-4-2-3-5-16(14)28-10)9-17(27)26-13-7-11(18(20,21)22)6-12(8-13)19(23,24)25/h2-8H,9H2,1H3,(H,26,27). The number of aryl methyl sites for hydroxylation is 1. The molecule has 148 valence electrons. The normalized spacial score (nSPS) is 12.4. The zero-order chi connectivity index (χ0) is 20.7. The van der Waals surface area contributed by atoms with Crippen molar-refractivity contribution in [3.63, 3.8) is 0 Å². The Bertz CT molecular complexity index is 1000. The molecule has 3 aromatic rings. The minimum atomic E-state index is -4.99. The van der Waals surface area contributed by atoms with Gasteiger partial charge in [-0.05, 0) is 31.2 Å². The Morgan fingerprint density at radius 2 is 1.54 bits per heavy atom. The van der Waals surface area contributed by atoms with Gasteiger partial charge >= 0.3 is 12.4 Å². The second-order valence-corrected chi connectivity index (χ2v) is 6.15. The molecule has 0 spiro atoms. The Kier molecular flexibility index (Phi) is 4.86. The van der Waals surface area contributed by atoms with Crippen molar-refractivity contribution in [1.82, 2.24) is 0 Å². The molecule has 0 aliphatic rings. The van der Waals surface area contributed by atoms with E-state index < -0.39 is 35.1 Å². The van der Waals surface area contributed by atoms with Crippen LogP contribution in [0.15, 0.2) is 46.9 Å². The predicted molar refractivity (Wildman–Crippen MR) is 89.7 cm³/mol. The Morgan fingerprint density at radius 1 is 0.964 bits per heavy atom. The van der Waals surface area contributed by atoms with Gasteiger partial charge in [-0.3, -0.25) is 4.79 Å². The molecular weight excluding hydrogens is 388 g/mol. The fourth-order valence-corrected chi connectivity index (χ4v) is 2.83. The van der Waals surface area contributed by atoms with Crippen LogP contribution in [0.25, 0.3) is 11.0 Å². The van der Waals surface area contributed by atoms with E-state index in [0.29, 0.717) is 34.4 Å². The number of hydrogen-bond donors (Lipinski definition) is 1. The number of para-hydroxylation sites is 1. The van der Waals surface area contributed by atoms with E-state index in [-0.39, 0.29) is 12.5 Å². The van der Waals surface area contributed by atoms with Gasteiger partial charge in [0.1, 0.15) is 11.3 Å². The highest BCUT2D eigenvalue weighted by molar-refractivity contribution is 5.96. The number of benzene rings is 2. The van der Waals surface area contributed by atoms with Crippen LogP contribution in [0, 0.1) is 6.92 Å². The summed E-state index contributed by atoms with van der Waals surface area (Å²) in [4.78, 5) is 12.3. The quantitative estimate of drug-likeness (QED) is 0.551. The van der Waals surface area contributed by atoms with Crippen LogP contribution in [-0.2, 0) is 23.6 Å². The van der Waals surface area contributed by atoms with E-state index in [9.17, 15) is 31.1 Å². The number of hydrogen-bond acceptors (Lipinski definition) is 2. The van der Waals surface area contributed by atoms with Gasteiger partial charge in [0.05, 0.1) is 17.5 Å². The fraction of sp³-hybridized carbons (Fsp3) is 0.211. The molecule has 2 aromatic carbocycles. The summed E-state index contributed by atoms with van der Waals surface area (Å²) in [5.74, 6) is -0.321. The Hall–Kier alpha value is -2.97. The number of amides is 1. The molecule has 3 nitrogen and oxygen atoms in total. The van der Waals surface area contributed by atoms with E-state index >= 15 is 0 Å². The van der Waals surface area contributed by atoms with E-state index in [2.05, 4.69) is 5.32 Å². The Morgan fingerprint density at radius 3 is 2.11 bits per heavy atom. The maximum atomic E-state index is 12.9. The molecule has 3 rings (SSSR count). The number of anilines is 1. The van der Waals surface area contributed by atoms with Gasteiger partial charge in [-0.1, -0.05) is 18.2 Å². The molecule has 0 bridgehead atoms. The average Bonchev–Trinajstić information content (AvgIpc) is 2.88. The minimum Gasteiger partial charge on any atom is -0.461 e. The maximum Gasteiger partial charge on any atom is 0.416 e. The number of furan rings is 1. The highest BCUT2D eigenvalue weighted by Gasteiger charge is 2.37. The van der Waals surface area contributed by atoms with Crippen molar-refractivity contribution in [2.75, 3.05) is 5.32 Å². The summed E-state index contributed by atoms with van der Waals surface area (Å²) >= 11 is 0. The summed E-state index contributed by atoms with van der Waals surface area (Å²) in [6.45, 7) is 1.62. The molecule has 0 saturated heterocycles. The van der Waals surface area contributed by atoms with Gasteiger partial charge in [0.15, 0.2) is 0 Å². The van der Waals surface area contributed by atoms with Crippen molar-refractivity contribution in [2.24, 2.45) is 0 Å². The monoisotopic (exact) mass is 401 g/mol. The smallest absolute Gasteiger partial charge is 0.416 e. The summed E-state index contributed by atoms with van der Waals surface area (Å²) < 4.78 is 83.0. The van der Waals surface area contributed by atoms with Crippen LogP contribution < -0.4 is 5.32 Å². The predicted octanol–water partition coefficient (Wildman–Crippen LogP) is 5.96. The zero-order valence-corrected chi connectivity index (χ0v) is 14.3. The topological polar surface area (TPSA) is 42.2 Å². The summed E-state index contributed by atoms with van der Waals surface area (Å²) in [6.07, 6.45) is -10.2. The number of halogens is 6. The number of rotatable bonds is 3. The van der Waals surface area contributed by atoms with E-state index in [1.807, 2.05) is 0 Å². The van der Waals surface area contributed by atoms with Crippen molar-refractivity contribution in [1.29, 1.82) is 0 Å². The average molecular weight is 401 g/mol. The summed E-state index contributed by atoms with van der Waals surface area (Å²) in [6, 6.07) is 7.79. The first kappa shape index (κ1) is 19.8. The number of carbonyl (C=O) groups excluding carboxylic acids is 1. The Labute approximate surface area is 154 Å². The molecule has 0 aliphatic carbocycles. The molecule has 1 N–H and O–H groups in total. The first-order valence-electron chi connectivity index (χ1n) is 8.01. The van der Waals surface area contributed by atoms with Crippen LogP contribution in [0.5, 0.6) is 0 Å². The third-order valence-corrected chi connectivity index (χ3v) is 4.11. The van der Waals surface area contributed by atoms with Crippen LogP contribution >= 0.6 is 0 Å². The minimum absolute atomic E-state index is 0.00336. The first-order valence-corrected chi connectivity index (χ1v) is 8.01. The molecule has 0 unspecified atom stereocenters. The molecule has 0 atom stereocenters. The number of alkyl halides is 6. The summed E-state index contributed by atoms with van der Waals surface area (Å²) in [5.41, 5.74) is -2.54. The second-order valence-electron chi connectivity index (χ2n) is 6.15. The van der Waals surface area contributed by atoms with Crippen molar-refractivity contribution < 1.29 is 35.6 Å². The number of fused-ring (bicyclic) bond motifs is 1. The molecule has 1 amide bonds. The molecule has 0 aliphatic heterocycles. The lowest BCUT2D eigenvalue weighted by Gasteiger charge is -2.14. The van der Waals surface area contributed by atoms with E-state index in [4.69, 9.17) is 4.42 Å². The Balaban J connectivity index is 1.90. The maximum absolute atomic E-state index is 12.9. The van der Waals surface area contributed by atoms with Crippen LogP contribution in [0.3, 0.4) is 0 Å². The van der Waals surface area contributed by atoms with E-state index in [1.54, 1.807) is 31.2 Å². The largest absolute Gasteiger partial charge is 0.461 e. The van der Waals surface area contributed by atoms with Gasteiger partial charge in [-0.15, -0.1) is 0 Å². The lowest BCUT2D eigenvalue weighted by atomic mass is 10.1. The number of carbonyl (C=O) groups is 1. The highest BCUT2D eigenvalue weighted by atomic mass is 19.4. The van der Waals surface area contributed by atoms with Crippen LogP contribution in [0.4, 0.5) is 32.0 Å². The zero-order valence-electron chi connectivity index (χ0n) is 14.3. The number of nitrogens with one attached hydrogen (secondary N) is 1. The summed E-state index contributed by atoms with van der Waals surface area (Å²) in [7, 11) is 0. The van der Waals surface area contributed by atoms with Gasteiger partial charge in [0.25, 0.3) is 0 Å². The first-order chi connectivity index (χ1) is 12.9. The van der Waals surface area contributed by atoms with Crippen molar-refractivity contribution in [3.8, 4) is 0 Å². The van der Waals surface area contributed by atoms with Gasteiger partial charge in [-0.2, -0.15) is 26.3 Å². The van der Waals surface area contributed by atoms with E-state index in [0.717, 1.165) is 0 Å². The van der Waals surface area contributed by atoms with Crippen molar-refractivity contribution in [2.45, 2.75) is 25.7 Å². The third-order valence-electron chi connectivity index (χ3n) is 4.11. The molecule has 9 heteroatoms. The molecule has 0 radical (unpaired) electrons. The third kappa shape index (κ3) is 4.13. The fourth-order valence-electron chi connectivity index (χ4n) is 2.83. The van der Waals surface area contributed by atoms with Crippen LogP contribution in [0.1, 0.15) is 22.5 Å². The lowest BCUT2D eigenvalue weighted by molar-refractivity contribution is -0.143. The molecular formula is C19H13F6NO2. The van der Waals surface area contributed by atoms with Gasteiger partial charge in [0, 0.05) is 16.6 Å². The van der Waals surface area contributed by atoms with Crippen molar-refractivity contribution >= 4 is 22.6 Å². The molecule has 0 saturated carbocycles. The van der Waals surface area contributed by atoms with Gasteiger partial charge in [0.2, 0.25) is 5.91 Å². The molecule has 0 fully saturated rings. The molecule has 1 aromatic heterocycles. The molecule has 28 heavy (non-hydrogen) atoms. The highest BCUT2D eigenvalue weighted by Crippen LogP contribution is 2.37. The SMILES string of the molecule is Cc1oc2ccccc2c1CC(=O)Nc1cc(C(F)(F)F)cc(C(F)(F)F)c1. The van der Waals surface area contributed by atoms with Crippen LogP contribution in [0.2, 0.25) is 0 Å². The molecule has 1 heterocycles. The second kappa shape index (κ2) is 6.88. The lowest BCUT2D eigenvalue weighted by Crippen LogP contribution is -2.17. The van der Waals surface area contributed by atoms with Gasteiger partial charge < -0.3 is 9.73 Å². The van der Waals surface area contributed by atoms with E-state index in [1.165, 1.54) is 0 Å². The van der Waals surface area contributed by atoms with Crippen LogP contribution in [-0.4, -0.2) is 5.91 Å². The van der Waals surface area contributed by atoms with Gasteiger partial charge in [-0.25, -0.2) is 0 Å². The summed E-state index contributed by atoms with van der Waals surface area (Å²) in [5, 5.41) is 2.76. The van der Waals surface area contributed by atoms with Crippen molar-refractivity contribution in [3.05, 3.63) is 64.9 Å².